The van der Waals surface area contributed by atoms with Crippen LogP contribution in [-0.2, 0) is 28.2 Å². The van der Waals surface area contributed by atoms with E-state index in [1.165, 1.54) is 5.56 Å². The van der Waals surface area contributed by atoms with Crippen LogP contribution in [0.1, 0.15) is 17.5 Å². The van der Waals surface area contributed by atoms with Gasteiger partial charge >= 0.3 is 0 Å². The van der Waals surface area contributed by atoms with E-state index in [-0.39, 0.29) is 6.10 Å². The second-order valence-electron chi connectivity index (χ2n) is 7.91. The summed E-state index contributed by atoms with van der Waals surface area (Å²) in [6.45, 7) is 1.07. The lowest BCUT2D eigenvalue weighted by Gasteiger charge is -2.29. The molecule has 2 aromatic carbocycles. The summed E-state index contributed by atoms with van der Waals surface area (Å²) in [6.07, 6.45) is 6.62. The van der Waals surface area contributed by atoms with Crippen LogP contribution in [0.4, 0.5) is 0 Å². The molecule has 2 atom stereocenters. The number of aromatic nitrogens is 2. The van der Waals surface area contributed by atoms with Gasteiger partial charge in [0.25, 0.3) is 0 Å². The van der Waals surface area contributed by atoms with Gasteiger partial charge in [0, 0.05) is 45.4 Å². The van der Waals surface area contributed by atoms with Crippen molar-refractivity contribution in [1.82, 2.24) is 9.55 Å². The lowest BCUT2D eigenvalue weighted by Crippen LogP contribution is -2.37. The Hall–Kier alpha value is -1.41. The smallest absolute Gasteiger partial charge is 0.187 e. The molecule has 2 unspecified atom stereocenters. The van der Waals surface area contributed by atoms with Gasteiger partial charge in [-0.05, 0) is 41.8 Å². The summed E-state index contributed by atoms with van der Waals surface area (Å²) in [4.78, 5) is 4.15. The van der Waals surface area contributed by atoms with E-state index in [0.717, 1.165) is 22.8 Å². The van der Waals surface area contributed by atoms with Crippen molar-refractivity contribution in [2.24, 2.45) is 0 Å². The van der Waals surface area contributed by atoms with Gasteiger partial charge in [-0.2, -0.15) is 11.8 Å². The van der Waals surface area contributed by atoms with Crippen LogP contribution in [0.3, 0.4) is 0 Å². The Morgan fingerprint density at radius 2 is 1.94 bits per heavy atom. The van der Waals surface area contributed by atoms with E-state index in [0.29, 0.717) is 41.1 Å². The molecule has 0 saturated carbocycles. The molecule has 1 aliphatic heterocycles. The van der Waals surface area contributed by atoms with Gasteiger partial charge in [-0.25, -0.2) is 4.98 Å². The number of hydrogen-bond acceptors (Lipinski definition) is 5. The third-order valence-electron chi connectivity index (χ3n) is 5.49. The molecule has 0 spiro atoms. The molecule has 0 radical (unpaired) electrons. The summed E-state index contributed by atoms with van der Waals surface area (Å²) in [5.74, 6) is 1.81. The normalized spacial score (nSPS) is 20.3. The number of thioether (sulfide) groups is 1. The second kappa shape index (κ2) is 11.3. The van der Waals surface area contributed by atoms with Crippen LogP contribution in [0.15, 0.2) is 55.1 Å². The Bertz CT molecular complexity index is 1030. The van der Waals surface area contributed by atoms with Gasteiger partial charge < -0.3 is 18.8 Å². The second-order valence-corrected chi connectivity index (χ2v) is 10.2. The minimum absolute atomic E-state index is 0.00654. The maximum atomic E-state index is 6.50. The lowest BCUT2D eigenvalue weighted by atomic mass is 10.0. The van der Waals surface area contributed by atoms with Gasteiger partial charge in [-0.1, -0.05) is 46.9 Å². The first-order chi connectivity index (χ1) is 16.0. The molecule has 2 heterocycles. The number of imidazole rings is 1. The van der Waals surface area contributed by atoms with Gasteiger partial charge in [0.2, 0.25) is 0 Å². The van der Waals surface area contributed by atoms with Crippen molar-refractivity contribution >= 4 is 46.6 Å². The van der Waals surface area contributed by atoms with Gasteiger partial charge in [-0.3, -0.25) is 0 Å². The Kier molecular flexibility index (Phi) is 8.49. The van der Waals surface area contributed by atoms with Crippen molar-refractivity contribution in [3.8, 4) is 5.75 Å². The van der Waals surface area contributed by atoms with E-state index in [4.69, 9.17) is 49.0 Å². The molecule has 4 rings (SSSR count). The highest BCUT2D eigenvalue weighted by molar-refractivity contribution is 7.98. The predicted molar refractivity (Wildman–Crippen MR) is 135 cm³/mol. The molecule has 0 bridgehead atoms. The van der Waals surface area contributed by atoms with Crippen molar-refractivity contribution in [2.45, 2.75) is 37.0 Å². The van der Waals surface area contributed by atoms with Crippen LogP contribution in [-0.4, -0.2) is 40.9 Å². The topological polar surface area (TPSA) is 45.5 Å². The number of ether oxygens (including phenoxy) is 3. The number of nitrogens with zero attached hydrogens (tertiary/aromatic N) is 2. The van der Waals surface area contributed by atoms with E-state index < -0.39 is 5.79 Å². The molecule has 33 heavy (non-hydrogen) atoms. The fourth-order valence-corrected chi connectivity index (χ4v) is 5.79. The van der Waals surface area contributed by atoms with Crippen molar-refractivity contribution in [3.63, 3.8) is 0 Å². The summed E-state index contributed by atoms with van der Waals surface area (Å²) in [7, 11) is 1.67. The lowest BCUT2D eigenvalue weighted by molar-refractivity contribution is -0.180. The monoisotopic (exact) mass is 526 g/mol. The molecule has 1 saturated heterocycles. The Balaban J connectivity index is 1.38. The van der Waals surface area contributed by atoms with E-state index >= 15 is 0 Å². The zero-order valence-electron chi connectivity index (χ0n) is 18.2. The van der Waals surface area contributed by atoms with Crippen LogP contribution < -0.4 is 4.74 Å². The van der Waals surface area contributed by atoms with Gasteiger partial charge in [0.1, 0.15) is 5.75 Å². The van der Waals surface area contributed by atoms with Crippen LogP contribution in [0.5, 0.6) is 5.75 Å². The number of benzene rings is 2. The highest BCUT2D eigenvalue weighted by Crippen LogP contribution is 2.36. The minimum atomic E-state index is -0.779. The highest BCUT2D eigenvalue weighted by Gasteiger charge is 2.41. The number of hydrogen-bond donors (Lipinski definition) is 0. The maximum absolute atomic E-state index is 6.50. The van der Waals surface area contributed by atoms with Crippen molar-refractivity contribution < 1.29 is 14.2 Å². The molecule has 176 valence electrons. The third kappa shape index (κ3) is 6.59. The summed E-state index contributed by atoms with van der Waals surface area (Å²) in [5, 5.41) is 1.62. The quantitative estimate of drug-likeness (QED) is 0.300. The third-order valence-corrected chi connectivity index (χ3v) is 7.53. The summed E-state index contributed by atoms with van der Waals surface area (Å²) >= 11 is 20.7. The van der Waals surface area contributed by atoms with Crippen molar-refractivity contribution in [1.29, 1.82) is 0 Å². The molecule has 9 heteroatoms. The molecular weight excluding hydrogens is 503 g/mol. The van der Waals surface area contributed by atoms with Crippen LogP contribution in [0.25, 0.3) is 0 Å². The molecule has 0 N–H and O–H groups in total. The van der Waals surface area contributed by atoms with Gasteiger partial charge in [-0.15, -0.1) is 0 Å². The molecule has 1 aromatic heterocycles. The molecule has 5 nitrogen and oxygen atoms in total. The van der Waals surface area contributed by atoms with E-state index in [2.05, 4.69) is 17.1 Å². The molecule has 0 amide bonds. The number of methoxy groups -OCH3 is 1. The SMILES string of the molecule is COc1ccc(CSCC2COC(CCc3c(Cl)cc(Cl)cc3Cl)(Cn3ccnc3)O2)cc1. The van der Waals surface area contributed by atoms with Gasteiger partial charge in [0.15, 0.2) is 5.79 Å². The van der Waals surface area contributed by atoms with E-state index in [1.54, 1.807) is 31.8 Å². The van der Waals surface area contributed by atoms with Crippen molar-refractivity contribution in [2.75, 3.05) is 19.5 Å². The number of rotatable bonds is 10. The molecule has 0 aliphatic carbocycles. The first-order valence-corrected chi connectivity index (χ1v) is 12.9. The standard InChI is InChI=1S/C24H25Cl3N2O3S/c1-30-19-4-2-17(3-5-19)13-33-14-20-12-31-24(32-20,15-29-9-8-28-16-29)7-6-21-22(26)10-18(25)11-23(21)27/h2-5,8-11,16,20H,6-7,12-15H2,1H3. The summed E-state index contributed by atoms with van der Waals surface area (Å²) in [5.41, 5.74) is 2.09. The Morgan fingerprint density at radius 1 is 1.18 bits per heavy atom. The average molecular weight is 528 g/mol. The van der Waals surface area contributed by atoms with Crippen molar-refractivity contribution in [3.05, 3.63) is 81.3 Å². The minimum Gasteiger partial charge on any atom is -0.497 e. The average Bonchev–Trinajstić information content (AvgIpc) is 3.44. The first-order valence-electron chi connectivity index (χ1n) is 10.6. The summed E-state index contributed by atoms with van der Waals surface area (Å²) < 4.78 is 20.0. The molecule has 3 aromatic rings. The van der Waals surface area contributed by atoms with Crippen LogP contribution >= 0.6 is 46.6 Å². The fourth-order valence-electron chi connectivity index (χ4n) is 3.81. The first kappa shape index (κ1) is 24.7. The Morgan fingerprint density at radius 3 is 2.61 bits per heavy atom. The van der Waals surface area contributed by atoms with E-state index in [1.807, 2.05) is 34.7 Å². The Labute approximate surface area is 213 Å². The largest absolute Gasteiger partial charge is 0.497 e. The number of halogens is 3. The molecule has 1 aliphatic rings. The zero-order valence-corrected chi connectivity index (χ0v) is 21.3. The predicted octanol–water partition coefficient (Wildman–Crippen LogP) is 6.53. The highest BCUT2D eigenvalue weighted by atomic mass is 35.5. The maximum Gasteiger partial charge on any atom is 0.187 e. The zero-order chi connectivity index (χ0) is 23.3. The fraction of sp³-hybridized carbons (Fsp3) is 0.375. The van der Waals surface area contributed by atoms with E-state index in [9.17, 15) is 0 Å². The van der Waals surface area contributed by atoms with Crippen LogP contribution in [0, 0.1) is 0 Å². The molecule has 1 fully saturated rings. The van der Waals surface area contributed by atoms with Gasteiger partial charge in [0.05, 0.1) is 32.7 Å². The molecular formula is C24H25Cl3N2O3S. The summed E-state index contributed by atoms with van der Waals surface area (Å²) in [6, 6.07) is 11.5. The van der Waals surface area contributed by atoms with Crippen LogP contribution in [0.2, 0.25) is 15.1 Å².